The van der Waals surface area contributed by atoms with E-state index in [0.717, 1.165) is 36.8 Å². The monoisotopic (exact) mass is 350 g/mol. The topological polar surface area (TPSA) is 69.6 Å². The Morgan fingerprint density at radius 1 is 1.15 bits per heavy atom. The maximum atomic E-state index is 13.0. The summed E-state index contributed by atoms with van der Waals surface area (Å²) in [5.74, 6) is 0.0637. The van der Waals surface area contributed by atoms with Crippen molar-refractivity contribution in [3.05, 3.63) is 64.7 Å². The van der Waals surface area contributed by atoms with Crippen LogP contribution in [0.5, 0.6) is 5.75 Å². The Morgan fingerprint density at radius 2 is 2.00 bits per heavy atom. The fourth-order valence-corrected chi connectivity index (χ4v) is 4.12. The predicted molar refractivity (Wildman–Crippen MR) is 97.5 cm³/mol. The molecule has 1 heterocycles. The smallest absolute Gasteiger partial charge is 0.243 e. The summed E-state index contributed by atoms with van der Waals surface area (Å²) >= 11 is 0. The highest BCUT2D eigenvalue weighted by molar-refractivity contribution is 5.85. The lowest BCUT2D eigenvalue weighted by molar-refractivity contribution is -0.134. The second-order valence-electron chi connectivity index (χ2n) is 7.10. The average Bonchev–Trinajstić information content (AvgIpc) is 2.67. The van der Waals surface area contributed by atoms with Crippen LogP contribution in [0, 0.1) is 0 Å². The molecule has 0 radical (unpaired) electrons. The van der Waals surface area contributed by atoms with Gasteiger partial charge < -0.3 is 15.3 Å². The summed E-state index contributed by atoms with van der Waals surface area (Å²) in [5, 5.41) is 12.8. The molecular formula is C21H22N2O3. The average molecular weight is 350 g/mol. The van der Waals surface area contributed by atoms with E-state index in [1.54, 1.807) is 12.1 Å². The molecule has 2 aromatic rings. The molecule has 2 amide bonds. The lowest BCUT2D eigenvalue weighted by atomic mass is 9.87. The molecular weight excluding hydrogens is 328 g/mol. The lowest BCUT2D eigenvalue weighted by Crippen LogP contribution is -2.50. The number of benzene rings is 2. The van der Waals surface area contributed by atoms with Crippen LogP contribution in [0.25, 0.3) is 0 Å². The number of aryl methyl sites for hydroxylation is 1. The van der Waals surface area contributed by atoms with Crippen molar-refractivity contribution in [1.29, 1.82) is 0 Å². The number of nitrogens with zero attached hydrogens (tertiary/aromatic N) is 1. The second-order valence-corrected chi connectivity index (χ2v) is 7.10. The van der Waals surface area contributed by atoms with Crippen LogP contribution in [-0.2, 0) is 29.0 Å². The zero-order valence-corrected chi connectivity index (χ0v) is 14.5. The largest absolute Gasteiger partial charge is 0.508 e. The molecule has 4 rings (SSSR count). The van der Waals surface area contributed by atoms with Crippen molar-refractivity contribution in [2.24, 2.45) is 0 Å². The zero-order chi connectivity index (χ0) is 18.1. The van der Waals surface area contributed by atoms with Crippen LogP contribution in [0.4, 0.5) is 0 Å². The molecule has 5 nitrogen and oxygen atoms in total. The van der Waals surface area contributed by atoms with E-state index in [0.29, 0.717) is 13.0 Å². The van der Waals surface area contributed by atoms with E-state index in [4.69, 9.17) is 0 Å². The van der Waals surface area contributed by atoms with Crippen molar-refractivity contribution in [2.75, 3.05) is 0 Å². The van der Waals surface area contributed by atoms with Gasteiger partial charge in [0.2, 0.25) is 12.3 Å². The van der Waals surface area contributed by atoms with Crippen LogP contribution < -0.4 is 5.32 Å². The molecule has 2 aliphatic rings. The fourth-order valence-electron chi connectivity index (χ4n) is 4.12. The van der Waals surface area contributed by atoms with Gasteiger partial charge in [-0.15, -0.1) is 0 Å². The van der Waals surface area contributed by atoms with Gasteiger partial charge in [0.1, 0.15) is 11.8 Å². The Morgan fingerprint density at radius 3 is 2.85 bits per heavy atom. The van der Waals surface area contributed by atoms with Crippen molar-refractivity contribution in [1.82, 2.24) is 10.2 Å². The molecule has 134 valence electrons. The molecule has 0 aromatic heterocycles. The quantitative estimate of drug-likeness (QED) is 0.836. The highest BCUT2D eigenvalue weighted by Crippen LogP contribution is 2.31. The summed E-state index contributed by atoms with van der Waals surface area (Å²) in [5.41, 5.74) is 4.38. The number of hydrogen-bond acceptors (Lipinski definition) is 3. The van der Waals surface area contributed by atoms with Gasteiger partial charge in [0.25, 0.3) is 0 Å². The molecule has 2 N–H and O–H groups in total. The number of carbonyl (C=O) groups excluding carboxylic acids is 2. The molecule has 2 atom stereocenters. The molecule has 1 aliphatic carbocycles. The summed E-state index contributed by atoms with van der Waals surface area (Å²) in [6.45, 7) is 0.340. The molecule has 0 spiro atoms. The number of phenolic OH excluding ortho intramolecular Hbond substituents is 1. The number of carbonyl (C=O) groups is 2. The first-order valence-electron chi connectivity index (χ1n) is 9.05. The van der Waals surface area contributed by atoms with Gasteiger partial charge in [-0.1, -0.05) is 30.3 Å². The van der Waals surface area contributed by atoms with Crippen molar-refractivity contribution in [3.8, 4) is 5.75 Å². The van der Waals surface area contributed by atoms with Crippen LogP contribution in [0.2, 0.25) is 0 Å². The van der Waals surface area contributed by atoms with Crippen LogP contribution in [0.1, 0.15) is 41.1 Å². The first-order chi connectivity index (χ1) is 12.7. The molecule has 0 saturated carbocycles. The minimum Gasteiger partial charge on any atom is -0.508 e. The van der Waals surface area contributed by atoms with E-state index >= 15 is 0 Å². The van der Waals surface area contributed by atoms with E-state index in [9.17, 15) is 14.7 Å². The molecule has 1 aliphatic heterocycles. The number of aromatic hydroxyl groups is 1. The number of amides is 2. The zero-order valence-electron chi connectivity index (χ0n) is 14.5. The van der Waals surface area contributed by atoms with Gasteiger partial charge in [0, 0.05) is 13.0 Å². The van der Waals surface area contributed by atoms with Gasteiger partial charge in [-0.2, -0.15) is 0 Å². The van der Waals surface area contributed by atoms with Crippen molar-refractivity contribution in [3.63, 3.8) is 0 Å². The lowest BCUT2D eigenvalue weighted by Gasteiger charge is -2.35. The van der Waals surface area contributed by atoms with E-state index in [-0.39, 0.29) is 17.7 Å². The Bertz CT molecular complexity index is 849. The molecule has 2 unspecified atom stereocenters. The van der Waals surface area contributed by atoms with Crippen LogP contribution in [0.3, 0.4) is 0 Å². The number of fused-ring (bicyclic) bond motifs is 2. The van der Waals surface area contributed by atoms with Gasteiger partial charge in [-0.05, 0) is 53.6 Å². The van der Waals surface area contributed by atoms with E-state index in [1.165, 1.54) is 16.0 Å². The standard InChI is InChI=1S/C21H22N2O3/c24-13-23-12-16-10-17(25)9-8-15(16)11-20(23)21(26)22-19-7-3-5-14-4-1-2-6-18(14)19/h1-2,4,6,8-10,13,19-20,25H,3,5,7,11-12H2,(H,22,26). The predicted octanol–water partition coefficient (Wildman–Crippen LogP) is 2.47. The maximum absolute atomic E-state index is 13.0. The fraction of sp³-hybridized carbons (Fsp3) is 0.333. The third-order valence-electron chi connectivity index (χ3n) is 5.48. The highest BCUT2D eigenvalue weighted by atomic mass is 16.3. The second kappa shape index (κ2) is 6.83. The number of nitrogens with one attached hydrogen (secondary N) is 1. The molecule has 26 heavy (non-hydrogen) atoms. The van der Waals surface area contributed by atoms with E-state index in [1.807, 2.05) is 18.2 Å². The number of rotatable bonds is 3. The SMILES string of the molecule is O=CN1Cc2cc(O)ccc2CC1C(=O)NC1CCCc2ccccc21. The number of hydrogen-bond donors (Lipinski definition) is 2. The van der Waals surface area contributed by atoms with Crippen molar-refractivity contribution in [2.45, 2.75) is 44.3 Å². The van der Waals surface area contributed by atoms with Crippen molar-refractivity contribution < 1.29 is 14.7 Å². The highest BCUT2D eigenvalue weighted by Gasteiger charge is 2.33. The first-order valence-corrected chi connectivity index (χ1v) is 9.05. The van der Waals surface area contributed by atoms with Crippen LogP contribution >= 0.6 is 0 Å². The molecule has 2 aromatic carbocycles. The normalized spacial score (nSPS) is 21.5. The van der Waals surface area contributed by atoms with Crippen LogP contribution in [-0.4, -0.2) is 28.4 Å². The van der Waals surface area contributed by atoms with Gasteiger partial charge in [0.05, 0.1) is 6.04 Å². The van der Waals surface area contributed by atoms with Gasteiger partial charge in [-0.25, -0.2) is 0 Å². The Hall–Kier alpha value is -2.82. The van der Waals surface area contributed by atoms with E-state index < -0.39 is 6.04 Å². The molecule has 5 heteroatoms. The van der Waals surface area contributed by atoms with Crippen molar-refractivity contribution >= 4 is 12.3 Å². The Balaban J connectivity index is 1.55. The Labute approximate surface area is 152 Å². The third-order valence-corrected chi connectivity index (χ3v) is 5.48. The van der Waals surface area contributed by atoms with Gasteiger partial charge >= 0.3 is 0 Å². The van der Waals surface area contributed by atoms with Crippen LogP contribution in [0.15, 0.2) is 42.5 Å². The summed E-state index contributed by atoms with van der Waals surface area (Å²) in [6.07, 6.45) is 4.21. The third kappa shape index (κ3) is 3.05. The summed E-state index contributed by atoms with van der Waals surface area (Å²) < 4.78 is 0. The summed E-state index contributed by atoms with van der Waals surface area (Å²) in [4.78, 5) is 26.0. The van der Waals surface area contributed by atoms with E-state index in [2.05, 4.69) is 17.4 Å². The van der Waals surface area contributed by atoms with Gasteiger partial charge in [-0.3, -0.25) is 9.59 Å². The summed E-state index contributed by atoms with van der Waals surface area (Å²) in [6, 6.07) is 12.8. The van der Waals surface area contributed by atoms with Gasteiger partial charge in [0.15, 0.2) is 0 Å². The molecule has 0 fully saturated rings. The first kappa shape index (κ1) is 16.6. The summed E-state index contributed by atoms with van der Waals surface area (Å²) in [7, 11) is 0. The minimum atomic E-state index is -0.515. The Kier molecular flexibility index (Phi) is 4.37. The molecule has 0 saturated heterocycles. The maximum Gasteiger partial charge on any atom is 0.243 e. The minimum absolute atomic E-state index is 0.00201. The molecule has 0 bridgehead atoms. The number of phenols is 1.